The standard InChI is InChI=1S/C25H27N3O4S/c29-24-22-19-5-6-20(15-19)23(22)25(30)28(24)14-11-26-9-12-27(13-10-26)33(31,32)21-8-7-17-3-1-2-4-18(17)16-21/h1-8,16,19-20,22-23H,9-15H2/t19-,20-,22-,23+/m0/s1. The number of sulfonamides is 1. The number of amides is 2. The highest BCUT2D eigenvalue weighted by atomic mass is 32.2. The van der Waals surface area contributed by atoms with E-state index in [2.05, 4.69) is 17.1 Å². The first kappa shape index (κ1) is 21.0. The second-order valence-electron chi connectivity index (χ2n) is 9.58. The lowest BCUT2D eigenvalue weighted by Crippen LogP contribution is -2.50. The lowest BCUT2D eigenvalue weighted by Gasteiger charge is -2.34. The van der Waals surface area contributed by atoms with Crippen molar-refractivity contribution in [3.8, 4) is 0 Å². The van der Waals surface area contributed by atoms with Crippen LogP contribution in [-0.2, 0) is 19.6 Å². The average molecular weight is 466 g/mol. The summed E-state index contributed by atoms with van der Waals surface area (Å²) in [6, 6.07) is 13.0. The third kappa shape index (κ3) is 3.34. The van der Waals surface area contributed by atoms with Crippen LogP contribution in [0.25, 0.3) is 10.8 Å². The molecule has 33 heavy (non-hydrogen) atoms. The molecular formula is C25H27N3O4S. The summed E-state index contributed by atoms with van der Waals surface area (Å²) in [6.07, 6.45) is 5.15. The fourth-order valence-corrected chi connectivity index (χ4v) is 7.55. The van der Waals surface area contributed by atoms with E-state index in [9.17, 15) is 18.0 Å². The Balaban J connectivity index is 1.07. The van der Waals surface area contributed by atoms with Gasteiger partial charge in [0.2, 0.25) is 21.8 Å². The number of piperazine rings is 1. The summed E-state index contributed by atoms with van der Waals surface area (Å²) in [7, 11) is -3.56. The van der Waals surface area contributed by atoms with Crippen LogP contribution >= 0.6 is 0 Å². The molecule has 0 spiro atoms. The zero-order valence-corrected chi connectivity index (χ0v) is 19.2. The largest absolute Gasteiger partial charge is 0.299 e. The Morgan fingerprint density at radius 1 is 0.788 bits per heavy atom. The van der Waals surface area contributed by atoms with Crippen molar-refractivity contribution in [3.63, 3.8) is 0 Å². The third-order valence-corrected chi connectivity index (χ3v) is 9.79. The SMILES string of the molecule is O=C1[C@@H]2[C@H](C(=O)N1CCN1CCN(S(=O)(=O)c3ccc4ccccc4c3)CC1)[C@H]1C=C[C@H]2C1. The summed E-state index contributed by atoms with van der Waals surface area (Å²) in [5.41, 5.74) is 0. The second-order valence-corrected chi connectivity index (χ2v) is 11.5. The highest BCUT2D eigenvalue weighted by Crippen LogP contribution is 2.52. The molecule has 4 aliphatic rings. The van der Waals surface area contributed by atoms with E-state index in [0.29, 0.717) is 44.2 Å². The number of hydrogen-bond acceptors (Lipinski definition) is 5. The minimum atomic E-state index is -3.56. The minimum Gasteiger partial charge on any atom is -0.299 e. The van der Waals surface area contributed by atoms with Crippen LogP contribution in [0, 0.1) is 23.7 Å². The summed E-state index contributed by atoms with van der Waals surface area (Å²) in [6.45, 7) is 2.95. The quantitative estimate of drug-likeness (QED) is 0.498. The molecule has 4 atom stereocenters. The Morgan fingerprint density at radius 3 is 2.09 bits per heavy atom. The maximum atomic E-state index is 13.2. The number of nitrogens with zero attached hydrogens (tertiary/aromatic N) is 3. The molecule has 2 aliphatic carbocycles. The van der Waals surface area contributed by atoms with Crippen molar-refractivity contribution in [2.24, 2.45) is 23.7 Å². The molecule has 2 heterocycles. The molecule has 2 bridgehead atoms. The molecule has 3 fully saturated rings. The number of allylic oxidation sites excluding steroid dienone is 2. The van der Waals surface area contributed by atoms with Gasteiger partial charge in [-0.15, -0.1) is 0 Å². The molecule has 0 radical (unpaired) electrons. The van der Waals surface area contributed by atoms with Crippen molar-refractivity contribution in [2.75, 3.05) is 39.3 Å². The fourth-order valence-electron chi connectivity index (χ4n) is 6.10. The van der Waals surface area contributed by atoms with Gasteiger partial charge in [0.15, 0.2) is 0 Å². The van der Waals surface area contributed by atoms with Gasteiger partial charge in [-0.1, -0.05) is 42.5 Å². The second kappa shape index (κ2) is 7.75. The molecule has 7 nitrogen and oxygen atoms in total. The molecule has 0 N–H and O–H groups in total. The van der Waals surface area contributed by atoms with Gasteiger partial charge in [0.25, 0.3) is 0 Å². The predicted octanol–water partition coefficient (Wildman–Crippen LogP) is 1.95. The number of benzene rings is 2. The Bertz CT molecular complexity index is 1240. The molecule has 6 rings (SSSR count). The van der Waals surface area contributed by atoms with Gasteiger partial charge in [-0.2, -0.15) is 4.31 Å². The molecular weight excluding hydrogens is 438 g/mol. The van der Waals surface area contributed by atoms with Crippen molar-refractivity contribution < 1.29 is 18.0 Å². The highest BCUT2D eigenvalue weighted by Gasteiger charge is 2.59. The number of likely N-dealkylation sites (tertiary alicyclic amines) is 1. The fraction of sp³-hybridized carbons (Fsp3) is 0.440. The van der Waals surface area contributed by atoms with Crippen LogP contribution in [0.2, 0.25) is 0 Å². The van der Waals surface area contributed by atoms with Gasteiger partial charge in [-0.05, 0) is 41.2 Å². The molecule has 2 aromatic rings. The molecule has 8 heteroatoms. The van der Waals surface area contributed by atoms with Gasteiger partial charge >= 0.3 is 0 Å². The van der Waals surface area contributed by atoms with Crippen molar-refractivity contribution in [3.05, 3.63) is 54.6 Å². The monoisotopic (exact) mass is 465 g/mol. The van der Waals surface area contributed by atoms with Gasteiger partial charge in [0.1, 0.15) is 0 Å². The van der Waals surface area contributed by atoms with E-state index in [0.717, 1.165) is 17.2 Å². The Hall–Kier alpha value is -2.55. The smallest absolute Gasteiger partial charge is 0.243 e. The van der Waals surface area contributed by atoms with Crippen LogP contribution in [0.4, 0.5) is 0 Å². The number of fused-ring (bicyclic) bond motifs is 6. The van der Waals surface area contributed by atoms with E-state index in [4.69, 9.17) is 0 Å². The van der Waals surface area contributed by atoms with Crippen molar-refractivity contribution in [2.45, 2.75) is 11.3 Å². The number of carbonyl (C=O) groups excluding carboxylic acids is 2. The number of imide groups is 1. The molecule has 0 unspecified atom stereocenters. The first-order valence-corrected chi connectivity index (χ1v) is 13.1. The molecule has 2 amide bonds. The highest BCUT2D eigenvalue weighted by molar-refractivity contribution is 7.89. The molecule has 1 saturated carbocycles. The summed E-state index contributed by atoms with van der Waals surface area (Å²) >= 11 is 0. The molecule has 2 aliphatic heterocycles. The Morgan fingerprint density at radius 2 is 1.42 bits per heavy atom. The molecule has 172 valence electrons. The van der Waals surface area contributed by atoms with E-state index in [-0.39, 0.29) is 35.5 Å². The lowest BCUT2D eigenvalue weighted by atomic mass is 9.85. The van der Waals surface area contributed by atoms with Crippen LogP contribution in [0.3, 0.4) is 0 Å². The summed E-state index contributed by atoms with van der Waals surface area (Å²) in [4.78, 5) is 29.6. The Labute approximate surface area is 193 Å². The van der Waals surface area contributed by atoms with E-state index < -0.39 is 10.0 Å². The first-order valence-electron chi connectivity index (χ1n) is 11.7. The average Bonchev–Trinajstić information content (AvgIpc) is 3.52. The zero-order chi connectivity index (χ0) is 22.7. The summed E-state index contributed by atoms with van der Waals surface area (Å²) in [5, 5.41) is 1.92. The number of hydrogen-bond donors (Lipinski definition) is 0. The summed E-state index contributed by atoms with van der Waals surface area (Å²) in [5.74, 6) is 0.113. The van der Waals surface area contributed by atoms with Gasteiger partial charge in [0.05, 0.1) is 16.7 Å². The van der Waals surface area contributed by atoms with E-state index >= 15 is 0 Å². The first-order chi connectivity index (χ1) is 15.9. The Kier molecular flexibility index (Phi) is 4.94. The van der Waals surface area contributed by atoms with Crippen molar-refractivity contribution in [1.29, 1.82) is 0 Å². The van der Waals surface area contributed by atoms with Gasteiger partial charge in [-0.3, -0.25) is 19.4 Å². The van der Waals surface area contributed by atoms with Crippen LogP contribution in [0.5, 0.6) is 0 Å². The van der Waals surface area contributed by atoms with Crippen LogP contribution in [-0.4, -0.2) is 73.6 Å². The topological polar surface area (TPSA) is 78.0 Å². The lowest BCUT2D eigenvalue weighted by molar-refractivity contribution is -0.140. The van der Waals surface area contributed by atoms with Crippen LogP contribution < -0.4 is 0 Å². The molecule has 2 saturated heterocycles. The van der Waals surface area contributed by atoms with E-state index in [1.165, 1.54) is 9.21 Å². The molecule has 2 aromatic carbocycles. The van der Waals surface area contributed by atoms with Crippen LogP contribution in [0.15, 0.2) is 59.5 Å². The van der Waals surface area contributed by atoms with E-state index in [1.807, 2.05) is 30.3 Å². The number of rotatable bonds is 5. The van der Waals surface area contributed by atoms with Crippen LogP contribution in [0.1, 0.15) is 6.42 Å². The van der Waals surface area contributed by atoms with Crippen molar-refractivity contribution in [1.82, 2.24) is 14.1 Å². The third-order valence-electron chi connectivity index (χ3n) is 7.89. The molecule has 0 aromatic heterocycles. The van der Waals surface area contributed by atoms with Gasteiger partial charge in [0, 0.05) is 39.3 Å². The van der Waals surface area contributed by atoms with Gasteiger partial charge < -0.3 is 0 Å². The predicted molar refractivity (Wildman–Crippen MR) is 124 cm³/mol. The maximum Gasteiger partial charge on any atom is 0.243 e. The minimum absolute atomic E-state index is 0.0145. The number of carbonyl (C=O) groups is 2. The zero-order valence-electron chi connectivity index (χ0n) is 18.3. The summed E-state index contributed by atoms with van der Waals surface area (Å²) < 4.78 is 27.9. The maximum absolute atomic E-state index is 13.2. The van der Waals surface area contributed by atoms with Crippen molar-refractivity contribution >= 4 is 32.6 Å². The normalized spacial score (nSPS) is 30.0. The van der Waals surface area contributed by atoms with E-state index in [1.54, 1.807) is 12.1 Å². The van der Waals surface area contributed by atoms with Gasteiger partial charge in [-0.25, -0.2) is 8.42 Å².